The molecule has 0 atom stereocenters. The van der Waals surface area contributed by atoms with Gasteiger partial charge in [0, 0.05) is 0 Å². The first-order valence-corrected chi connectivity index (χ1v) is 2.91. The van der Waals surface area contributed by atoms with Crippen LogP contribution in [0.25, 0.3) is 0 Å². The van der Waals surface area contributed by atoms with E-state index in [-0.39, 0.29) is 12.4 Å². The molecule has 2 N–H and O–H groups in total. The lowest BCUT2D eigenvalue weighted by molar-refractivity contribution is -0.752. The molecule has 6 heteroatoms. The lowest BCUT2D eigenvalue weighted by Gasteiger charge is -1.87. The Morgan fingerprint density at radius 2 is 2.73 bits per heavy atom. The third-order valence-electron chi connectivity index (χ3n) is 1.05. The molecule has 0 unspecified atom stereocenters. The number of hydrogen-bond acceptors (Lipinski definition) is 5. The third kappa shape index (κ3) is 1.92. The Hall–Kier alpha value is -1.59. The van der Waals surface area contributed by atoms with Gasteiger partial charge < -0.3 is 10.5 Å². The monoisotopic (exact) mass is 158 g/mol. The number of esters is 1. The molecule has 60 valence electrons. The molecule has 0 radical (unpaired) electrons. The Morgan fingerprint density at radius 3 is 3.18 bits per heavy atom. The van der Waals surface area contributed by atoms with Gasteiger partial charge in [-0.25, -0.2) is 4.79 Å². The standard InChI is InChI=1S/C5H8N3O3/c1-10-5(9)3-8-2-4(6)11-7-8/h2H,3,6H2,1H3/q+1. The fraction of sp³-hybridized carbons (Fsp3) is 0.400. The minimum atomic E-state index is -0.400. The van der Waals surface area contributed by atoms with Gasteiger partial charge in [-0.1, -0.05) is 0 Å². The summed E-state index contributed by atoms with van der Waals surface area (Å²) in [6, 6.07) is 0. The van der Waals surface area contributed by atoms with Crippen LogP contribution < -0.4 is 10.4 Å². The summed E-state index contributed by atoms with van der Waals surface area (Å²) in [5.74, 6) is -0.239. The Morgan fingerprint density at radius 1 is 2.00 bits per heavy atom. The van der Waals surface area contributed by atoms with Crippen molar-refractivity contribution >= 4 is 11.9 Å². The summed E-state index contributed by atoms with van der Waals surface area (Å²) in [4.78, 5) is 10.6. The summed E-state index contributed by atoms with van der Waals surface area (Å²) in [6.07, 6.45) is 1.40. The van der Waals surface area contributed by atoms with E-state index in [0.717, 1.165) is 0 Å². The van der Waals surface area contributed by atoms with E-state index in [0.29, 0.717) is 0 Å². The van der Waals surface area contributed by atoms with E-state index in [1.54, 1.807) is 0 Å². The minimum absolute atomic E-state index is 0.0111. The molecule has 0 saturated heterocycles. The van der Waals surface area contributed by atoms with Crippen molar-refractivity contribution in [3.63, 3.8) is 0 Å². The Bertz CT molecular complexity index is 257. The molecule has 0 bridgehead atoms. The van der Waals surface area contributed by atoms with E-state index in [2.05, 4.69) is 14.5 Å². The number of anilines is 1. The van der Waals surface area contributed by atoms with E-state index in [1.807, 2.05) is 0 Å². The second kappa shape index (κ2) is 3.00. The van der Waals surface area contributed by atoms with E-state index in [4.69, 9.17) is 5.73 Å². The lowest BCUT2D eigenvalue weighted by Crippen LogP contribution is -2.39. The second-order valence-corrected chi connectivity index (χ2v) is 1.88. The highest BCUT2D eigenvalue weighted by Gasteiger charge is 2.14. The van der Waals surface area contributed by atoms with Gasteiger partial charge in [0.2, 0.25) is 5.27 Å². The Labute approximate surface area is 62.5 Å². The van der Waals surface area contributed by atoms with Gasteiger partial charge in [-0.15, -0.1) is 0 Å². The average Bonchev–Trinajstić information content (AvgIpc) is 2.35. The number of nitrogen functional groups attached to an aromatic ring is 1. The maximum atomic E-state index is 10.6. The molecule has 0 aromatic carbocycles. The fourth-order valence-corrected chi connectivity index (χ4v) is 0.565. The highest BCUT2D eigenvalue weighted by atomic mass is 16.5. The zero-order valence-corrected chi connectivity index (χ0v) is 5.98. The highest BCUT2D eigenvalue weighted by molar-refractivity contribution is 5.67. The number of methoxy groups -OCH3 is 1. The molecule has 0 aliphatic rings. The van der Waals surface area contributed by atoms with Crippen LogP contribution in [0.4, 0.5) is 5.88 Å². The molecule has 0 aliphatic heterocycles. The Kier molecular flexibility index (Phi) is 2.05. The molecule has 1 heterocycles. The molecule has 0 aliphatic carbocycles. The summed E-state index contributed by atoms with van der Waals surface area (Å²) >= 11 is 0. The molecule has 0 spiro atoms. The predicted molar refractivity (Wildman–Crippen MR) is 33.1 cm³/mol. The molecule has 1 aromatic rings. The SMILES string of the molecule is COC(=O)C[n+]1cc(N)on1. The van der Waals surface area contributed by atoms with Gasteiger partial charge in [-0.3, -0.25) is 4.52 Å². The van der Waals surface area contributed by atoms with Gasteiger partial charge in [0.25, 0.3) is 18.6 Å². The quantitative estimate of drug-likeness (QED) is 0.428. The number of carbonyl (C=O) groups is 1. The molecule has 0 amide bonds. The van der Waals surface area contributed by atoms with Crippen LogP contribution in [0, 0.1) is 0 Å². The first-order chi connectivity index (χ1) is 5.22. The number of carbonyl (C=O) groups excluding carboxylic acids is 1. The maximum absolute atomic E-state index is 10.6. The Balaban J connectivity index is 2.57. The van der Waals surface area contributed by atoms with Crippen LogP contribution in [0.3, 0.4) is 0 Å². The zero-order valence-electron chi connectivity index (χ0n) is 5.98. The molecule has 0 fully saturated rings. The topological polar surface area (TPSA) is 82.2 Å². The van der Waals surface area contributed by atoms with Crippen LogP contribution in [0.2, 0.25) is 0 Å². The van der Waals surface area contributed by atoms with Crippen LogP contribution in [0.5, 0.6) is 0 Å². The number of aromatic nitrogens is 2. The predicted octanol–water partition coefficient (Wildman–Crippen LogP) is -1.28. The molecule has 1 rings (SSSR count). The fourth-order valence-electron chi connectivity index (χ4n) is 0.565. The zero-order chi connectivity index (χ0) is 8.27. The van der Waals surface area contributed by atoms with Crippen molar-refractivity contribution in [2.24, 2.45) is 0 Å². The molecular formula is C5H8N3O3+. The number of nitrogens with zero attached hydrogens (tertiary/aromatic N) is 2. The van der Waals surface area contributed by atoms with Gasteiger partial charge in [-0.2, -0.15) is 0 Å². The smallest absolute Gasteiger partial charge is 0.375 e. The van der Waals surface area contributed by atoms with Crippen LogP contribution in [-0.4, -0.2) is 18.4 Å². The molecule has 1 aromatic heterocycles. The number of ether oxygens (including phenoxy) is 1. The van der Waals surface area contributed by atoms with Gasteiger partial charge in [0.1, 0.15) is 0 Å². The molecule has 0 saturated carbocycles. The van der Waals surface area contributed by atoms with E-state index in [9.17, 15) is 4.79 Å². The average molecular weight is 158 g/mol. The molecule has 11 heavy (non-hydrogen) atoms. The van der Waals surface area contributed by atoms with E-state index in [1.165, 1.54) is 18.0 Å². The minimum Gasteiger partial charge on any atom is -0.464 e. The van der Waals surface area contributed by atoms with Crippen LogP contribution >= 0.6 is 0 Å². The van der Waals surface area contributed by atoms with Crippen LogP contribution in [0.15, 0.2) is 10.7 Å². The summed E-state index contributed by atoms with van der Waals surface area (Å²) in [6.45, 7) is 0.0111. The lowest BCUT2D eigenvalue weighted by atomic mass is 10.6. The van der Waals surface area contributed by atoms with Crippen molar-refractivity contribution < 1.29 is 18.7 Å². The van der Waals surface area contributed by atoms with Gasteiger partial charge in [0.05, 0.1) is 7.11 Å². The normalized spacial score (nSPS) is 9.55. The van der Waals surface area contributed by atoms with Crippen molar-refractivity contribution in [1.82, 2.24) is 5.27 Å². The third-order valence-corrected chi connectivity index (χ3v) is 1.05. The summed E-state index contributed by atoms with van der Waals surface area (Å²) < 4.78 is 10.1. The largest absolute Gasteiger partial charge is 0.464 e. The molecule has 6 nitrogen and oxygen atoms in total. The maximum Gasteiger partial charge on any atom is 0.375 e. The van der Waals surface area contributed by atoms with Gasteiger partial charge in [-0.05, 0) is 4.68 Å². The van der Waals surface area contributed by atoms with Crippen LogP contribution in [0.1, 0.15) is 0 Å². The number of nitrogens with two attached hydrogens (primary N) is 1. The summed E-state index contributed by atoms with van der Waals surface area (Å²) in [7, 11) is 1.30. The van der Waals surface area contributed by atoms with Gasteiger partial charge in [0.15, 0.2) is 0 Å². The van der Waals surface area contributed by atoms with Crippen molar-refractivity contribution in [2.45, 2.75) is 6.54 Å². The van der Waals surface area contributed by atoms with E-state index < -0.39 is 5.97 Å². The van der Waals surface area contributed by atoms with Crippen molar-refractivity contribution in [3.05, 3.63) is 6.20 Å². The molecular weight excluding hydrogens is 150 g/mol. The first-order valence-electron chi connectivity index (χ1n) is 2.91. The van der Waals surface area contributed by atoms with Crippen molar-refractivity contribution in [2.75, 3.05) is 12.8 Å². The van der Waals surface area contributed by atoms with Crippen molar-refractivity contribution in [1.29, 1.82) is 0 Å². The number of rotatable bonds is 2. The number of hydrogen-bond donors (Lipinski definition) is 1. The summed E-state index contributed by atoms with van der Waals surface area (Å²) in [5.41, 5.74) is 5.19. The van der Waals surface area contributed by atoms with Crippen molar-refractivity contribution in [3.8, 4) is 0 Å². The van der Waals surface area contributed by atoms with E-state index >= 15 is 0 Å². The summed E-state index contributed by atoms with van der Waals surface area (Å²) in [5, 5.41) is 3.42. The van der Waals surface area contributed by atoms with Crippen LogP contribution in [-0.2, 0) is 16.1 Å². The van der Waals surface area contributed by atoms with Gasteiger partial charge >= 0.3 is 5.97 Å². The first kappa shape index (κ1) is 7.52. The second-order valence-electron chi connectivity index (χ2n) is 1.88. The highest BCUT2D eigenvalue weighted by Crippen LogP contribution is 1.89.